The number of nitrogens with one attached hydrogen (secondary N) is 2. The van der Waals surface area contributed by atoms with Crippen molar-refractivity contribution in [2.45, 2.75) is 43.5 Å². The molecule has 3 aromatic rings. The molecule has 1 fully saturated rings. The van der Waals surface area contributed by atoms with E-state index in [1.54, 1.807) is 72.8 Å². The normalized spacial score (nSPS) is 13.9. The molecule has 4 rings (SSSR count). The highest BCUT2D eigenvalue weighted by molar-refractivity contribution is 7.92. The van der Waals surface area contributed by atoms with E-state index < -0.39 is 10.0 Å². The molecule has 0 bridgehead atoms. The summed E-state index contributed by atoms with van der Waals surface area (Å²) in [6.07, 6.45) is 4.17. The first-order valence-electron chi connectivity index (χ1n) is 11.6. The number of hydrogen-bond acceptors (Lipinski definition) is 4. The van der Waals surface area contributed by atoms with Crippen molar-refractivity contribution < 1.29 is 18.0 Å². The van der Waals surface area contributed by atoms with Gasteiger partial charge in [0.25, 0.3) is 21.8 Å². The maximum absolute atomic E-state index is 12.9. The van der Waals surface area contributed by atoms with E-state index in [0.29, 0.717) is 22.5 Å². The number of carbonyl (C=O) groups excluding carboxylic acids is 2. The standard InChI is InChI=1S/C27H29N3O4S/c1-19-11-17-23(18-12-19)35(33,34)30(2)22-15-13-20(14-16-22)26(31)29-25-10-6-5-9-24(25)27(32)28-21-7-3-4-8-21/h5-6,9-18,21H,3-4,7-8H2,1-2H3,(H,28,32)(H,29,31). The zero-order chi connectivity index (χ0) is 25.0. The van der Waals surface area contributed by atoms with Gasteiger partial charge in [0.05, 0.1) is 21.8 Å². The molecular formula is C27H29N3O4S. The summed E-state index contributed by atoms with van der Waals surface area (Å²) < 4.78 is 27.1. The van der Waals surface area contributed by atoms with Crippen LogP contribution in [0.2, 0.25) is 0 Å². The predicted molar refractivity (Wildman–Crippen MR) is 137 cm³/mol. The van der Waals surface area contributed by atoms with Gasteiger partial charge in [0.1, 0.15) is 0 Å². The van der Waals surface area contributed by atoms with Gasteiger partial charge in [-0.1, -0.05) is 42.7 Å². The Hall–Kier alpha value is -3.65. The fourth-order valence-corrected chi connectivity index (χ4v) is 5.34. The average Bonchev–Trinajstić information content (AvgIpc) is 3.37. The van der Waals surface area contributed by atoms with Gasteiger partial charge in [-0.2, -0.15) is 0 Å². The van der Waals surface area contributed by atoms with Crippen molar-refractivity contribution >= 4 is 33.2 Å². The molecule has 2 N–H and O–H groups in total. The van der Waals surface area contributed by atoms with Crippen LogP contribution in [0.5, 0.6) is 0 Å². The minimum atomic E-state index is -3.73. The van der Waals surface area contributed by atoms with Gasteiger partial charge >= 0.3 is 0 Å². The van der Waals surface area contributed by atoms with Gasteiger partial charge in [-0.3, -0.25) is 13.9 Å². The average molecular weight is 492 g/mol. The first-order valence-corrected chi connectivity index (χ1v) is 13.1. The number of amides is 2. The molecule has 8 heteroatoms. The van der Waals surface area contributed by atoms with Crippen LogP contribution in [0.3, 0.4) is 0 Å². The fourth-order valence-electron chi connectivity index (χ4n) is 4.15. The largest absolute Gasteiger partial charge is 0.349 e. The number of anilines is 2. The minimum absolute atomic E-state index is 0.173. The second kappa shape index (κ2) is 10.3. The van der Waals surface area contributed by atoms with Gasteiger partial charge in [-0.25, -0.2) is 8.42 Å². The summed E-state index contributed by atoms with van der Waals surface area (Å²) in [7, 11) is -2.25. The molecule has 0 spiro atoms. The monoisotopic (exact) mass is 491 g/mol. The highest BCUT2D eigenvalue weighted by Crippen LogP contribution is 2.24. The SMILES string of the molecule is Cc1ccc(S(=O)(=O)N(C)c2ccc(C(=O)Nc3ccccc3C(=O)NC3CCCC3)cc2)cc1. The summed E-state index contributed by atoms with van der Waals surface area (Å²) in [5.41, 5.74) is 2.59. The third-order valence-corrected chi connectivity index (χ3v) is 8.08. The van der Waals surface area contributed by atoms with Crippen LogP contribution in [0.25, 0.3) is 0 Å². The molecule has 35 heavy (non-hydrogen) atoms. The van der Waals surface area contributed by atoms with Crippen LogP contribution in [0.1, 0.15) is 52.0 Å². The summed E-state index contributed by atoms with van der Waals surface area (Å²) >= 11 is 0. The van der Waals surface area contributed by atoms with E-state index in [9.17, 15) is 18.0 Å². The summed E-state index contributed by atoms with van der Waals surface area (Å²) in [6, 6.07) is 20.0. The van der Waals surface area contributed by atoms with Gasteiger partial charge in [-0.05, 0) is 68.3 Å². The van der Waals surface area contributed by atoms with E-state index in [0.717, 1.165) is 31.2 Å². The van der Waals surface area contributed by atoms with E-state index in [1.807, 2.05) is 6.92 Å². The van der Waals surface area contributed by atoms with Gasteiger partial charge in [0, 0.05) is 18.7 Å². The van der Waals surface area contributed by atoms with E-state index in [2.05, 4.69) is 10.6 Å². The maximum Gasteiger partial charge on any atom is 0.264 e. The molecule has 0 radical (unpaired) electrons. The lowest BCUT2D eigenvalue weighted by atomic mass is 10.1. The second-order valence-corrected chi connectivity index (χ2v) is 10.8. The number of aryl methyl sites for hydroxylation is 1. The number of benzene rings is 3. The zero-order valence-electron chi connectivity index (χ0n) is 19.8. The van der Waals surface area contributed by atoms with Crippen molar-refractivity contribution in [1.82, 2.24) is 5.32 Å². The van der Waals surface area contributed by atoms with Crippen LogP contribution in [0.15, 0.2) is 77.7 Å². The van der Waals surface area contributed by atoms with Crippen LogP contribution in [0.4, 0.5) is 11.4 Å². The maximum atomic E-state index is 12.9. The molecule has 0 aliphatic heterocycles. The Morgan fingerprint density at radius 3 is 2.14 bits per heavy atom. The first kappa shape index (κ1) is 24.5. The van der Waals surface area contributed by atoms with Crippen LogP contribution >= 0.6 is 0 Å². The van der Waals surface area contributed by atoms with E-state index >= 15 is 0 Å². The van der Waals surface area contributed by atoms with Gasteiger partial charge in [-0.15, -0.1) is 0 Å². The topological polar surface area (TPSA) is 95.6 Å². The minimum Gasteiger partial charge on any atom is -0.349 e. The van der Waals surface area contributed by atoms with E-state index in [4.69, 9.17) is 0 Å². The van der Waals surface area contributed by atoms with Gasteiger partial charge in [0.15, 0.2) is 0 Å². The molecule has 1 saturated carbocycles. The second-order valence-electron chi connectivity index (χ2n) is 8.79. The lowest BCUT2D eigenvalue weighted by Crippen LogP contribution is -2.33. The van der Waals surface area contributed by atoms with Crippen LogP contribution in [-0.4, -0.2) is 33.3 Å². The highest BCUT2D eigenvalue weighted by Gasteiger charge is 2.22. The third-order valence-electron chi connectivity index (χ3n) is 6.28. The molecule has 7 nitrogen and oxygen atoms in total. The quantitative estimate of drug-likeness (QED) is 0.499. The predicted octanol–water partition coefficient (Wildman–Crippen LogP) is 4.74. The Morgan fingerprint density at radius 2 is 1.49 bits per heavy atom. The summed E-state index contributed by atoms with van der Waals surface area (Å²) in [5.74, 6) is -0.590. The molecule has 0 unspecified atom stereocenters. The molecule has 1 aliphatic carbocycles. The Labute approximate surface area is 206 Å². The molecule has 2 amide bonds. The van der Waals surface area contributed by atoms with Crippen molar-refractivity contribution in [1.29, 1.82) is 0 Å². The third kappa shape index (κ3) is 5.54. The zero-order valence-corrected chi connectivity index (χ0v) is 20.6. The lowest BCUT2D eigenvalue weighted by Gasteiger charge is -2.20. The van der Waals surface area contributed by atoms with Gasteiger partial charge < -0.3 is 10.6 Å². The number of sulfonamides is 1. The Morgan fingerprint density at radius 1 is 0.857 bits per heavy atom. The smallest absolute Gasteiger partial charge is 0.264 e. The van der Waals surface area contributed by atoms with E-state index in [-0.39, 0.29) is 22.8 Å². The number of hydrogen-bond donors (Lipinski definition) is 2. The number of nitrogens with zero attached hydrogens (tertiary/aromatic N) is 1. The molecule has 0 heterocycles. The molecule has 0 atom stereocenters. The van der Waals surface area contributed by atoms with E-state index in [1.165, 1.54) is 11.4 Å². The number of carbonyl (C=O) groups is 2. The van der Waals surface area contributed by atoms with Crippen molar-refractivity contribution in [3.63, 3.8) is 0 Å². The summed E-state index contributed by atoms with van der Waals surface area (Å²) in [6.45, 7) is 1.89. The molecule has 3 aromatic carbocycles. The van der Waals surface area contributed by atoms with Crippen molar-refractivity contribution in [3.8, 4) is 0 Å². The van der Waals surface area contributed by atoms with Crippen molar-refractivity contribution in [2.75, 3.05) is 16.7 Å². The summed E-state index contributed by atoms with van der Waals surface area (Å²) in [5, 5.41) is 5.86. The number of para-hydroxylation sites is 1. The Balaban J connectivity index is 1.47. The summed E-state index contributed by atoms with van der Waals surface area (Å²) in [4.78, 5) is 25.8. The molecular weight excluding hydrogens is 462 g/mol. The van der Waals surface area contributed by atoms with Crippen LogP contribution in [0, 0.1) is 6.92 Å². The Kier molecular flexibility index (Phi) is 7.21. The Bertz CT molecular complexity index is 1310. The molecule has 1 aliphatic rings. The van der Waals surface area contributed by atoms with Gasteiger partial charge in [0.2, 0.25) is 0 Å². The highest BCUT2D eigenvalue weighted by atomic mass is 32.2. The molecule has 0 aromatic heterocycles. The van der Waals surface area contributed by atoms with Crippen LogP contribution < -0.4 is 14.9 Å². The first-order chi connectivity index (χ1) is 16.8. The fraction of sp³-hybridized carbons (Fsp3) is 0.259. The van der Waals surface area contributed by atoms with Crippen LogP contribution in [-0.2, 0) is 10.0 Å². The van der Waals surface area contributed by atoms with Crippen molar-refractivity contribution in [2.24, 2.45) is 0 Å². The molecule has 182 valence electrons. The number of rotatable bonds is 7. The molecule has 0 saturated heterocycles. The van der Waals surface area contributed by atoms with Crippen molar-refractivity contribution in [3.05, 3.63) is 89.5 Å². The lowest BCUT2D eigenvalue weighted by molar-refractivity contribution is 0.0938.